The number of hydrogen-bond donors (Lipinski definition) is 3. The molecular formula is C14H25N3O2S. The second-order valence-corrected chi connectivity index (χ2v) is 6.06. The Kier molecular flexibility index (Phi) is 7.54. The quantitative estimate of drug-likeness (QED) is 0.687. The molecule has 0 aliphatic heterocycles. The van der Waals surface area contributed by atoms with E-state index in [9.17, 15) is 9.90 Å². The average Bonchev–Trinajstić information content (AvgIpc) is 2.86. The second-order valence-electron chi connectivity index (χ2n) is 5.12. The maximum atomic E-state index is 11.5. The van der Waals surface area contributed by atoms with E-state index in [1.54, 1.807) is 11.3 Å². The summed E-state index contributed by atoms with van der Waals surface area (Å²) in [6, 6.07) is -0.188. The van der Waals surface area contributed by atoms with Gasteiger partial charge in [0.25, 0.3) is 0 Å². The molecule has 20 heavy (non-hydrogen) atoms. The number of nitrogens with zero attached hydrogens (tertiary/aromatic N) is 1. The van der Waals surface area contributed by atoms with Crippen LogP contribution in [0.1, 0.15) is 37.9 Å². The first kappa shape index (κ1) is 16.9. The zero-order chi connectivity index (χ0) is 15.0. The molecule has 0 aliphatic carbocycles. The van der Waals surface area contributed by atoms with Gasteiger partial charge in [0.2, 0.25) is 0 Å². The van der Waals surface area contributed by atoms with Crippen molar-refractivity contribution in [1.29, 1.82) is 0 Å². The molecule has 0 radical (unpaired) electrons. The first-order valence-corrected chi connectivity index (χ1v) is 8.04. The van der Waals surface area contributed by atoms with Crippen LogP contribution in [0.3, 0.4) is 0 Å². The van der Waals surface area contributed by atoms with Gasteiger partial charge in [0.05, 0.1) is 16.8 Å². The van der Waals surface area contributed by atoms with Crippen molar-refractivity contribution in [2.24, 2.45) is 5.92 Å². The minimum absolute atomic E-state index is 0.188. The van der Waals surface area contributed by atoms with Crippen molar-refractivity contribution in [3.63, 3.8) is 0 Å². The van der Waals surface area contributed by atoms with Gasteiger partial charge < -0.3 is 15.7 Å². The standard InChI is InChI=1S/C14H25N3O2S/c1-4-13-17-11(9-20-13)5-7-15-14(19)16-8-6-12(18)10(2)3/h9-10,12,18H,4-8H2,1-3H3,(H2,15,16,19). The number of aliphatic hydroxyl groups excluding tert-OH is 1. The van der Waals surface area contributed by atoms with Crippen molar-refractivity contribution in [2.45, 2.75) is 46.1 Å². The molecule has 6 heteroatoms. The van der Waals surface area contributed by atoms with Gasteiger partial charge in [-0.25, -0.2) is 9.78 Å². The van der Waals surface area contributed by atoms with Gasteiger partial charge in [-0.1, -0.05) is 20.8 Å². The first-order chi connectivity index (χ1) is 9.52. The Morgan fingerprint density at radius 3 is 2.70 bits per heavy atom. The van der Waals surface area contributed by atoms with Crippen molar-refractivity contribution < 1.29 is 9.90 Å². The van der Waals surface area contributed by atoms with Crippen molar-refractivity contribution in [2.75, 3.05) is 13.1 Å². The van der Waals surface area contributed by atoms with Crippen LogP contribution < -0.4 is 10.6 Å². The summed E-state index contributed by atoms with van der Waals surface area (Å²) in [6.07, 6.45) is 1.92. The highest BCUT2D eigenvalue weighted by Gasteiger charge is 2.09. The first-order valence-electron chi connectivity index (χ1n) is 7.16. The lowest BCUT2D eigenvalue weighted by Crippen LogP contribution is -2.38. The number of carbonyl (C=O) groups excluding carboxylic acids is 1. The smallest absolute Gasteiger partial charge is 0.314 e. The summed E-state index contributed by atoms with van der Waals surface area (Å²) in [6.45, 7) is 7.07. The lowest BCUT2D eigenvalue weighted by Gasteiger charge is -2.14. The van der Waals surface area contributed by atoms with Crippen molar-refractivity contribution in [3.8, 4) is 0 Å². The van der Waals surface area contributed by atoms with Crippen molar-refractivity contribution >= 4 is 17.4 Å². The van der Waals surface area contributed by atoms with Crippen LogP contribution in [0.25, 0.3) is 0 Å². The Balaban J connectivity index is 2.11. The molecule has 1 unspecified atom stereocenters. The van der Waals surface area contributed by atoms with Crippen LogP contribution in [-0.4, -0.2) is 35.3 Å². The SMILES string of the molecule is CCc1nc(CCNC(=O)NCCC(O)C(C)C)cs1. The van der Waals surface area contributed by atoms with Crippen LogP contribution in [0.2, 0.25) is 0 Å². The van der Waals surface area contributed by atoms with Gasteiger partial charge in [0.1, 0.15) is 0 Å². The highest BCUT2D eigenvalue weighted by atomic mass is 32.1. The summed E-state index contributed by atoms with van der Waals surface area (Å²) >= 11 is 1.66. The predicted molar refractivity (Wildman–Crippen MR) is 82.1 cm³/mol. The molecule has 5 nitrogen and oxygen atoms in total. The number of urea groups is 1. The highest BCUT2D eigenvalue weighted by molar-refractivity contribution is 7.09. The number of aliphatic hydroxyl groups is 1. The summed E-state index contributed by atoms with van der Waals surface area (Å²) in [5.74, 6) is 0.220. The Bertz CT molecular complexity index is 407. The Labute approximate surface area is 124 Å². The molecular weight excluding hydrogens is 274 g/mol. The van der Waals surface area contributed by atoms with Crippen LogP contribution in [0.15, 0.2) is 5.38 Å². The summed E-state index contributed by atoms with van der Waals surface area (Å²) in [5, 5.41) is 18.3. The molecule has 0 aliphatic rings. The average molecular weight is 299 g/mol. The monoisotopic (exact) mass is 299 g/mol. The number of aromatic nitrogens is 1. The molecule has 1 rings (SSSR count). The highest BCUT2D eigenvalue weighted by Crippen LogP contribution is 2.10. The Morgan fingerprint density at radius 1 is 1.40 bits per heavy atom. The third-order valence-corrected chi connectivity index (χ3v) is 4.11. The van der Waals surface area contributed by atoms with Crippen LogP contribution in [0.4, 0.5) is 4.79 Å². The van der Waals surface area contributed by atoms with E-state index >= 15 is 0 Å². The summed E-state index contributed by atoms with van der Waals surface area (Å²) in [4.78, 5) is 16.0. The van der Waals surface area contributed by atoms with Crippen molar-refractivity contribution in [3.05, 3.63) is 16.1 Å². The lowest BCUT2D eigenvalue weighted by molar-refractivity contribution is 0.116. The molecule has 114 valence electrons. The van der Waals surface area contributed by atoms with Gasteiger partial charge >= 0.3 is 6.03 Å². The van der Waals surface area contributed by atoms with Gasteiger partial charge in [0, 0.05) is 24.9 Å². The Morgan fingerprint density at radius 2 is 2.10 bits per heavy atom. The van der Waals surface area contributed by atoms with Gasteiger partial charge in [-0.2, -0.15) is 0 Å². The van der Waals surface area contributed by atoms with E-state index in [1.165, 1.54) is 0 Å². The normalized spacial score (nSPS) is 12.4. The largest absolute Gasteiger partial charge is 0.393 e. The molecule has 0 spiro atoms. The summed E-state index contributed by atoms with van der Waals surface area (Å²) in [7, 11) is 0. The van der Waals surface area contributed by atoms with E-state index in [0.717, 1.165) is 23.5 Å². The number of rotatable bonds is 8. The molecule has 0 saturated carbocycles. The molecule has 0 fully saturated rings. The van der Waals surface area contributed by atoms with Gasteiger partial charge in [-0.15, -0.1) is 11.3 Å². The zero-order valence-corrected chi connectivity index (χ0v) is 13.3. The van der Waals surface area contributed by atoms with Crippen LogP contribution in [0, 0.1) is 5.92 Å². The maximum Gasteiger partial charge on any atom is 0.314 e. The van der Waals surface area contributed by atoms with E-state index in [1.807, 2.05) is 19.2 Å². The summed E-state index contributed by atoms with van der Waals surface area (Å²) in [5.41, 5.74) is 1.03. The van der Waals surface area contributed by atoms with Gasteiger partial charge in [-0.05, 0) is 18.8 Å². The molecule has 0 aromatic carbocycles. The molecule has 2 amide bonds. The fraction of sp³-hybridized carbons (Fsp3) is 0.714. The number of nitrogens with one attached hydrogen (secondary N) is 2. The van der Waals surface area contributed by atoms with Gasteiger partial charge in [0.15, 0.2) is 0 Å². The van der Waals surface area contributed by atoms with E-state index in [2.05, 4.69) is 22.5 Å². The molecule has 0 bridgehead atoms. The lowest BCUT2D eigenvalue weighted by atomic mass is 10.0. The van der Waals surface area contributed by atoms with E-state index in [0.29, 0.717) is 19.5 Å². The third kappa shape index (κ3) is 6.34. The second kappa shape index (κ2) is 8.92. The van der Waals surface area contributed by atoms with Crippen molar-refractivity contribution in [1.82, 2.24) is 15.6 Å². The molecule has 1 aromatic heterocycles. The number of amides is 2. The number of thiazole rings is 1. The van der Waals surface area contributed by atoms with E-state index in [-0.39, 0.29) is 18.1 Å². The number of carbonyl (C=O) groups is 1. The summed E-state index contributed by atoms with van der Waals surface area (Å²) < 4.78 is 0. The van der Waals surface area contributed by atoms with E-state index in [4.69, 9.17) is 0 Å². The molecule has 1 aromatic rings. The third-order valence-electron chi connectivity index (χ3n) is 3.06. The number of hydrogen-bond acceptors (Lipinski definition) is 4. The topological polar surface area (TPSA) is 74.2 Å². The fourth-order valence-corrected chi connectivity index (χ4v) is 2.44. The molecule has 1 heterocycles. The minimum Gasteiger partial charge on any atom is -0.393 e. The maximum absolute atomic E-state index is 11.5. The zero-order valence-electron chi connectivity index (χ0n) is 12.5. The molecule has 1 atom stereocenters. The van der Waals surface area contributed by atoms with Gasteiger partial charge in [-0.3, -0.25) is 0 Å². The Hall–Kier alpha value is -1.14. The number of aryl methyl sites for hydroxylation is 1. The molecule has 3 N–H and O–H groups in total. The van der Waals surface area contributed by atoms with Crippen LogP contribution in [-0.2, 0) is 12.8 Å². The van der Waals surface area contributed by atoms with Crippen LogP contribution in [0.5, 0.6) is 0 Å². The fourth-order valence-electron chi connectivity index (χ4n) is 1.66. The minimum atomic E-state index is -0.363. The predicted octanol–water partition coefficient (Wildman–Crippen LogP) is 1.95. The van der Waals surface area contributed by atoms with E-state index < -0.39 is 0 Å². The van der Waals surface area contributed by atoms with Crippen LogP contribution >= 0.6 is 11.3 Å². The molecule has 0 saturated heterocycles.